The van der Waals surface area contributed by atoms with Crippen molar-refractivity contribution in [3.05, 3.63) is 12.7 Å². The Morgan fingerprint density at radius 2 is 1.78 bits per heavy atom. The van der Waals surface area contributed by atoms with Crippen molar-refractivity contribution in [3.8, 4) is 0 Å². The molecule has 1 heterocycles. The molecule has 2 rings (SSSR count). The fourth-order valence-corrected chi connectivity index (χ4v) is 3.56. The Morgan fingerprint density at radius 1 is 1.09 bits per heavy atom. The van der Waals surface area contributed by atoms with Crippen LogP contribution in [0.4, 0.5) is 0 Å². The first kappa shape index (κ1) is 18.0. The molecule has 1 saturated carbocycles. The Morgan fingerprint density at radius 3 is 2.43 bits per heavy atom. The molecule has 2 aliphatic rings. The molecule has 5 heteroatoms. The van der Waals surface area contributed by atoms with E-state index >= 15 is 0 Å². The highest BCUT2D eigenvalue weighted by molar-refractivity contribution is 5.78. The normalized spacial score (nSPS) is 20.3. The molecule has 1 N–H and O–H groups in total. The van der Waals surface area contributed by atoms with Crippen molar-refractivity contribution < 1.29 is 9.59 Å². The van der Waals surface area contributed by atoms with Gasteiger partial charge in [0.05, 0.1) is 6.54 Å². The third-order valence-electron chi connectivity index (χ3n) is 5.03. The average molecular weight is 321 g/mol. The molecule has 130 valence electrons. The summed E-state index contributed by atoms with van der Waals surface area (Å²) in [6.45, 7) is 7.59. The number of carbonyl (C=O) groups is 2. The number of nitrogens with zero attached hydrogens (tertiary/aromatic N) is 2. The van der Waals surface area contributed by atoms with Crippen LogP contribution in [0.25, 0.3) is 0 Å². The molecule has 5 nitrogen and oxygen atoms in total. The number of hydrogen-bond donors (Lipinski definition) is 1. The van der Waals surface area contributed by atoms with Crippen molar-refractivity contribution in [3.63, 3.8) is 0 Å². The topological polar surface area (TPSA) is 52.7 Å². The lowest BCUT2D eigenvalue weighted by atomic mass is 9.86. The minimum absolute atomic E-state index is 0.0296. The molecule has 2 fully saturated rings. The first-order valence-electron chi connectivity index (χ1n) is 9.06. The van der Waals surface area contributed by atoms with Crippen LogP contribution in [-0.4, -0.2) is 60.9 Å². The molecule has 0 aromatic carbocycles. The van der Waals surface area contributed by atoms with Gasteiger partial charge in [0.2, 0.25) is 11.8 Å². The fourth-order valence-electron chi connectivity index (χ4n) is 3.56. The maximum Gasteiger partial charge on any atom is 0.234 e. The van der Waals surface area contributed by atoms with E-state index in [1.54, 1.807) is 6.08 Å². The molecule has 0 unspecified atom stereocenters. The van der Waals surface area contributed by atoms with E-state index in [9.17, 15) is 9.59 Å². The van der Waals surface area contributed by atoms with Gasteiger partial charge in [0.15, 0.2) is 0 Å². The first-order valence-corrected chi connectivity index (χ1v) is 9.06. The maximum atomic E-state index is 12.3. The van der Waals surface area contributed by atoms with Crippen LogP contribution < -0.4 is 5.32 Å². The summed E-state index contributed by atoms with van der Waals surface area (Å²) in [6.07, 6.45) is 10.1. The van der Waals surface area contributed by atoms with Crippen LogP contribution in [0.1, 0.15) is 44.9 Å². The Bertz CT molecular complexity index is 397. The van der Waals surface area contributed by atoms with Crippen LogP contribution in [0.3, 0.4) is 0 Å². The fraction of sp³-hybridized carbons (Fsp3) is 0.778. The van der Waals surface area contributed by atoms with Gasteiger partial charge < -0.3 is 10.2 Å². The van der Waals surface area contributed by atoms with Crippen LogP contribution in [0, 0.1) is 5.92 Å². The van der Waals surface area contributed by atoms with Crippen molar-refractivity contribution in [2.75, 3.05) is 39.3 Å². The summed E-state index contributed by atoms with van der Waals surface area (Å²) in [6, 6.07) is 0. The first-order chi connectivity index (χ1) is 11.2. The van der Waals surface area contributed by atoms with E-state index < -0.39 is 0 Å². The van der Waals surface area contributed by atoms with Crippen molar-refractivity contribution in [1.29, 1.82) is 0 Å². The van der Waals surface area contributed by atoms with Crippen LogP contribution in [0.5, 0.6) is 0 Å². The summed E-state index contributed by atoms with van der Waals surface area (Å²) in [7, 11) is 0. The third kappa shape index (κ3) is 6.34. The monoisotopic (exact) mass is 321 g/mol. The zero-order valence-electron chi connectivity index (χ0n) is 14.3. The molecule has 1 aliphatic carbocycles. The van der Waals surface area contributed by atoms with Crippen LogP contribution >= 0.6 is 0 Å². The van der Waals surface area contributed by atoms with Gasteiger partial charge in [-0.15, -0.1) is 6.58 Å². The lowest BCUT2D eigenvalue weighted by molar-refractivity contribution is -0.133. The van der Waals surface area contributed by atoms with Crippen LogP contribution in [0.2, 0.25) is 0 Å². The Balaban J connectivity index is 1.62. The van der Waals surface area contributed by atoms with Gasteiger partial charge in [-0.05, 0) is 12.3 Å². The number of rotatable bonds is 7. The molecule has 0 aromatic heterocycles. The van der Waals surface area contributed by atoms with E-state index in [-0.39, 0.29) is 5.91 Å². The quantitative estimate of drug-likeness (QED) is 0.728. The molecule has 1 aliphatic heterocycles. The van der Waals surface area contributed by atoms with Gasteiger partial charge in [-0.1, -0.05) is 38.2 Å². The number of hydrogen-bond acceptors (Lipinski definition) is 3. The highest BCUT2D eigenvalue weighted by Crippen LogP contribution is 2.27. The second-order valence-corrected chi connectivity index (χ2v) is 6.79. The maximum absolute atomic E-state index is 12.3. The highest BCUT2D eigenvalue weighted by atomic mass is 16.2. The number of carbonyl (C=O) groups excluding carboxylic acids is 2. The summed E-state index contributed by atoms with van der Waals surface area (Å²) in [5.41, 5.74) is 0. The van der Waals surface area contributed by atoms with Crippen molar-refractivity contribution >= 4 is 11.8 Å². The predicted octanol–water partition coefficient (Wildman–Crippen LogP) is 1.79. The molecular weight excluding hydrogens is 290 g/mol. The molecule has 2 amide bonds. The third-order valence-corrected chi connectivity index (χ3v) is 5.03. The zero-order valence-corrected chi connectivity index (χ0v) is 14.3. The second-order valence-electron chi connectivity index (χ2n) is 6.79. The average Bonchev–Trinajstić information content (AvgIpc) is 2.59. The highest BCUT2D eigenvalue weighted by Gasteiger charge is 2.23. The molecular formula is C18H31N3O2. The standard InChI is InChI=1S/C18H31N3O2/c1-2-10-19-17(22)15-20-11-13-21(14-12-20)18(23)9-8-16-6-4-3-5-7-16/h2,16H,1,3-15H2,(H,19,22). The van der Waals surface area contributed by atoms with Gasteiger partial charge in [0.25, 0.3) is 0 Å². The summed E-state index contributed by atoms with van der Waals surface area (Å²) in [5, 5.41) is 2.79. The Kier molecular flexibility index (Phi) is 7.59. The number of piperazine rings is 1. The minimum atomic E-state index is 0.0296. The summed E-state index contributed by atoms with van der Waals surface area (Å²) in [4.78, 5) is 28.1. The Hall–Kier alpha value is -1.36. The van der Waals surface area contributed by atoms with Gasteiger partial charge in [0.1, 0.15) is 0 Å². The van der Waals surface area contributed by atoms with Gasteiger partial charge >= 0.3 is 0 Å². The van der Waals surface area contributed by atoms with Gasteiger partial charge in [0, 0.05) is 39.1 Å². The second kappa shape index (κ2) is 9.71. The molecule has 23 heavy (non-hydrogen) atoms. The Labute approximate surface area is 140 Å². The van der Waals surface area contributed by atoms with E-state index in [0.29, 0.717) is 25.4 Å². The van der Waals surface area contributed by atoms with Crippen molar-refractivity contribution in [2.24, 2.45) is 5.92 Å². The van der Waals surface area contributed by atoms with Crippen LogP contribution in [0.15, 0.2) is 12.7 Å². The van der Waals surface area contributed by atoms with E-state index in [2.05, 4.69) is 16.8 Å². The smallest absolute Gasteiger partial charge is 0.234 e. The lowest BCUT2D eigenvalue weighted by Crippen LogP contribution is -2.51. The zero-order chi connectivity index (χ0) is 16.5. The van der Waals surface area contributed by atoms with Crippen LogP contribution in [-0.2, 0) is 9.59 Å². The molecule has 0 radical (unpaired) electrons. The summed E-state index contributed by atoms with van der Waals surface area (Å²) < 4.78 is 0. The van der Waals surface area contributed by atoms with E-state index in [1.165, 1.54) is 32.1 Å². The van der Waals surface area contributed by atoms with E-state index in [4.69, 9.17) is 0 Å². The largest absolute Gasteiger partial charge is 0.352 e. The van der Waals surface area contributed by atoms with Gasteiger partial charge in [-0.2, -0.15) is 0 Å². The van der Waals surface area contributed by atoms with Gasteiger partial charge in [-0.3, -0.25) is 14.5 Å². The minimum Gasteiger partial charge on any atom is -0.352 e. The van der Waals surface area contributed by atoms with Crippen molar-refractivity contribution in [2.45, 2.75) is 44.9 Å². The lowest BCUT2D eigenvalue weighted by Gasteiger charge is -2.34. The number of amides is 2. The number of nitrogens with one attached hydrogen (secondary N) is 1. The molecule has 1 saturated heterocycles. The molecule has 0 spiro atoms. The summed E-state index contributed by atoms with van der Waals surface area (Å²) >= 11 is 0. The van der Waals surface area contributed by atoms with E-state index in [0.717, 1.165) is 38.5 Å². The molecule has 0 bridgehead atoms. The predicted molar refractivity (Wildman–Crippen MR) is 92.0 cm³/mol. The van der Waals surface area contributed by atoms with E-state index in [1.807, 2.05) is 4.90 Å². The SMILES string of the molecule is C=CCNC(=O)CN1CCN(C(=O)CCC2CCCCC2)CC1. The molecule has 0 atom stereocenters. The van der Waals surface area contributed by atoms with Crippen molar-refractivity contribution in [1.82, 2.24) is 15.1 Å². The summed E-state index contributed by atoms with van der Waals surface area (Å²) in [5.74, 6) is 1.09. The molecule has 0 aromatic rings. The van der Waals surface area contributed by atoms with Gasteiger partial charge in [-0.25, -0.2) is 0 Å².